The van der Waals surface area contributed by atoms with Gasteiger partial charge in [-0.05, 0) is 129 Å². The Balaban J connectivity index is 1.22. The fourth-order valence-corrected chi connectivity index (χ4v) is 8.62. The van der Waals surface area contributed by atoms with Crippen molar-refractivity contribution in [2.75, 3.05) is 0 Å². The molecule has 0 amide bonds. The number of Topliss-reactive ketones (excluding diaryl/α,β-unsaturated/α-hetero) is 1. The number of rotatable bonds is 2. The first-order chi connectivity index (χ1) is 15.7. The van der Waals surface area contributed by atoms with Crippen LogP contribution in [0.4, 0.5) is 0 Å². The molecule has 7 heteroatoms. The van der Waals surface area contributed by atoms with Gasteiger partial charge in [0.1, 0.15) is 5.78 Å². The summed E-state index contributed by atoms with van der Waals surface area (Å²) in [6.07, 6.45) is 6.68. The van der Waals surface area contributed by atoms with Gasteiger partial charge in [0.25, 0.3) is 0 Å². The van der Waals surface area contributed by atoms with E-state index in [1.54, 1.807) is 0 Å². The SMILES string of the molecule is CC1(C)OB(C2CC3CCC4CC(B5OC(C)(C)C(C)(C)O5)CC5C(=O)C(C2)C3C45)OC1(C)C. The summed E-state index contributed by atoms with van der Waals surface area (Å²) in [5.74, 6) is 4.02. The fourth-order valence-electron chi connectivity index (χ4n) is 8.62. The third-order valence-electron chi connectivity index (χ3n) is 11.7. The standard InChI is InChI=1S/C27H44B2O5/c1-24(2)25(3,4)32-28(31-24)17-11-15-9-10-16-12-18(29-33-26(5,6)27(7,8)34-29)14-20-22(16)21(15)19(13-17)23(20)30/h15-22H,9-14H2,1-8H3. The molecule has 0 radical (unpaired) electrons. The summed E-state index contributed by atoms with van der Waals surface area (Å²) < 4.78 is 25.9. The van der Waals surface area contributed by atoms with Gasteiger partial charge >= 0.3 is 14.2 Å². The highest BCUT2D eigenvalue weighted by atomic mass is 16.7. The van der Waals surface area contributed by atoms with E-state index in [-0.39, 0.29) is 48.5 Å². The maximum Gasteiger partial charge on any atom is 0.461 e. The molecule has 5 nitrogen and oxygen atoms in total. The predicted octanol–water partition coefficient (Wildman–Crippen LogP) is 5.57. The summed E-state index contributed by atoms with van der Waals surface area (Å²) in [5.41, 5.74) is -1.24. The highest BCUT2D eigenvalue weighted by molar-refractivity contribution is 6.48. The number of hydrogen-bond donors (Lipinski definition) is 0. The quantitative estimate of drug-likeness (QED) is 0.494. The topological polar surface area (TPSA) is 54.0 Å². The summed E-state index contributed by atoms with van der Waals surface area (Å²) in [5, 5.41) is 0. The van der Waals surface area contributed by atoms with Gasteiger partial charge in [0, 0.05) is 11.8 Å². The van der Waals surface area contributed by atoms with Crippen LogP contribution >= 0.6 is 0 Å². The van der Waals surface area contributed by atoms with Crippen LogP contribution in [0.1, 0.15) is 93.9 Å². The molecule has 6 aliphatic rings. The van der Waals surface area contributed by atoms with Gasteiger partial charge in [-0.2, -0.15) is 0 Å². The molecule has 2 saturated heterocycles. The molecular weight excluding hydrogens is 426 g/mol. The van der Waals surface area contributed by atoms with E-state index in [2.05, 4.69) is 55.4 Å². The van der Waals surface area contributed by atoms with Gasteiger partial charge in [-0.1, -0.05) is 0 Å². The first-order valence-corrected chi connectivity index (χ1v) is 14.0. The van der Waals surface area contributed by atoms with Crippen molar-refractivity contribution in [3.63, 3.8) is 0 Å². The molecule has 0 spiro atoms. The lowest BCUT2D eigenvalue weighted by Crippen LogP contribution is -2.45. The van der Waals surface area contributed by atoms with E-state index in [1.165, 1.54) is 12.8 Å². The fraction of sp³-hybridized carbons (Fsp3) is 0.963. The van der Waals surface area contributed by atoms with Crippen LogP contribution in [0, 0.1) is 35.5 Å². The minimum atomic E-state index is -0.310. The largest absolute Gasteiger partial charge is 0.461 e. The number of carbonyl (C=O) groups is 1. The lowest BCUT2D eigenvalue weighted by molar-refractivity contribution is -0.125. The molecule has 8 unspecified atom stereocenters. The Labute approximate surface area is 207 Å². The lowest BCUT2D eigenvalue weighted by Gasteiger charge is -2.50. The Morgan fingerprint density at radius 2 is 0.912 bits per heavy atom. The Bertz CT molecular complexity index is 769. The molecule has 4 aliphatic carbocycles. The molecule has 34 heavy (non-hydrogen) atoms. The molecule has 6 fully saturated rings. The van der Waals surface area contributed by atoms with Gasteiger partial charge in [0.2, 0.25) is 0 Å². The van der Waals surface area contributed by atoms with Gasteiger partial charge in [0.05, 0.1) is 22.4 Å². The van der Waals surface area contributed by atoms with Gasteiger partial charge in [-0.25, -0.2) is 0 Å². The van der Waals surface area contributed by atoms with Gasteiger partial charge < -0.3 is 18.6 Å². The van der Waals surface area contributed by atoms with Crippen molar-refractivity contribution < 1.29 is 23.4 Å². The summed E-state index contributed by atoms with van der Waals surface area (Å²) in [6, 6.07) is 0. The van der Waals surface area contributed by atoms with Crippen molar-refractivity contribution in [2.45, 2.75) is 128 Å². The molecule has 0 aromatic heterocycles. The summed E-state index contributed by atoms with van der Waals surface area (Å²) in [4.78, 5) is 14.0. The van der Waals surface area contributed by atoms with E-state index < -0.39 is 0 Å². The van der Waals surface area contributed by atoms with Gasteiger partial charge in [-0.15, -0.1) is 0 Å². The highest BCUT2D eigenvalue weighted by Crippen LogP contribution is 2.65. The summed E-state index contributed by atoms with van der Waals surface area (Å²) >= 11 is 0. The van der Waals surface area contributed by atoms with Crippen molar-refractivity contribution in [2.24, 2.45) is 35.5 Å². The van der Waals surface area contributed by atoms with E-state index in [1.807, 2.05) is 0 Å². The smallest absolute Gasteiger partial charge is 0.403 e. The Morgan fingerprint density at radius 1 is 0.588 bits per heavy atom. The number of carbonyl (C=O) groups excluding carboxylic acids is 1. The number of ketones is 1. The molecule has 6 rings (SSSR count). The molecule has 0 bridgehead atoms. The van der Waals surface area contributed by atoms with Crippen LogP contribution in [0.15, 0.2) is 0 Å². The van der Waals surface area contributed by atoms with Crippen LogP contribution in [-0.2, 0) is 23.4 Å². The zero-order chi connectivity index (χ0) is 24.4. The Kier molecular flexibility index (Phi) is 5.19. The van der Waals surface area contributed by atoms with Crippen molar-refractivity contribution in [1.82, 2.24) is 0 Å². The van der Waals surface area contributed by atoms with Crippen LogP contribution in [0.2, 0.25) is 11.6 Å². The summed E-state index contributed by atoms with van der Waals surface area (Å²) in [7, 11) is -0.367. The zero-order valence-electron chi connectivity index (χ0n) is 22.6. The predicted molar refractivity (Wildman–Crippen MR) is 133 cm³/mol. The molecule has 0 aromatic carbocycles. The monoisotopic (exact) mass is 470 g/mol. The average molecular weight is 470 g/mol. The Hall–Kier alpha value is -0.360. The van der Waals surface area contributed by atoms with E-state index in [9.17, 15) is 4.79 Å². The van der Waals surface area contributed by atoms with Crippen LogP contribution in [0.3, 0.4) is 0 Å². The Morgan fingerprint density at radius 3 is 1.24 bits per heavy atom. The van der Waals surface area contributed by atoms with Crippen molar-refractivity contribution >= 4 is 20.0 Å². The molecule has 2 heterocycles. The molecule has 4 saturated carbocycles. The second-order valence-electron chi connectivity index (χ2n) is 14.6. The molecular formula is C27H44B2O5. The molecule has 0 N–H and O–H groups in total. The first-order valence-electron chi connectivity index (χ1n) is 14.0. The van der Waals surface area contributed by atoms with E-state index in [0.29, 0.717) is 41.1 Å². The van der Waals surface area contributed by atoms with Crippen LogP contribution in [-0.4, -0.2) is 42.4 Å². The van der Waals surface area contributed by atoms with Gasteiger partial charge in [0.15, 0.2) is 0 Å². The zero-order valence-corrected chi connectivity index (χ0v) is 22.6. The third-order valence-corrected chi connectivity index (χ3v) is 11.7. The third kappa shape index (κ3) is 3.32. The van der Waals surface area contributed by atoms with E-state index in [4.69, 9.17) is 18.6 Å². The van der Waals surface area contributed by atoms with Crippen LogP contribution in [0.25, 0.3) is 0 Å². The van der Waals surface area contributed by atoms with E-state index in [0.717, 1.165) is 25.7 Å². The van der Waals surface area contributed by atoms with Crippen molar-refractivity contribution in [3.05, 3.63) is 0 Å². The minimum absolute atomic E-state index is 0.184. The first kappa shape index (κ1) is 24.0. The molecule has 0 aromatic rings. The van der Waals surface area contributed by atoms with Crippen molar-refractivity contribution in [1.29, 1.82) is 0 Å². The average Bonchev–Trinajstić information content (AvgIpc) is 3.24. The normalized spacial score (nSPS) is 47.7. The van der Waals surface area contributed by atoms with E-state index >= 15 is 0 Å². The van der Waals surface area contributed by atoms with Crippen molar-refractivity contribution in [3.8, 4) is 0 Å². The second-order valence-corrected chi connectivity index (χ2v) is 14.6. The summed E-state index contributed by atoms with van der Waals surface area (Å²) in [6.45, 7) is 17.1. The maximum atomic E-state index is 14.0. The minimum Gasteiger partial charge on any atom is -0.403 e. The second kappa shape index (κ2) is 7.36. The van der Waals surface area contributed by atoms with Crippen LogP contribution in [0.5, 0.6) is 0 Å². The van der Waals surface area contributed by atoms with Gasteiger partial charge in [-0.3, -0.25) is 4.79 Å². The maximum absolute atomic E-state index is 14.0. The lowest BCUT2D eigenvalue weighted by atomic mass is 9.49. The molecule has 188 valence electrons. The number of hydrogen-bond acceptors (Lipinski definition) is 5. The molecule has 8 atom stereocenters. The van der Waals surface area contributed by atoms with Crippen LogP contribution < -0.4 is 0 Å². The molecule has 2 aliphatic heterocycles. The highest BCUT2D eigenvalue weighted by Gasteiger charge is 2.65.